The second kappa shape index (κ2) is 47.1. The number of likely N-dealkylation sites (N-methyl/N-ethyl adjacent to an activating group) is 1. The zero-order valence-corrected chi connectivity index (χ0v) is 44.1. The molecule has 0 spiro atoms. The number of aliphatic hydroxyl groups excluding tert-OH is 1. The van der Waals surface area contributed by atoms with Gasteiger partial charge in [-0.15, -0.1) is 0 Å². The van der Waals surface area contributed by atoms with Gasteiger partial charge in [-0.05, 0) is 44.9 Å². The molecule has 9 heteroatoms. The molecule has 8 nitrogen and oxygen atoms in total. The SMILES string of the molecule is CCCCCCC/C=C\C/C=C\CCCCCCCCCCCCCC(=O)NC(COP(=O)([O-])OCC[N+](C)(C)C)C(O)CCCCCCCCCCCCCCCCCCCCC. The molecule has 0 saturated carbocycles. The van der Waals surface area contributed by atoms with E-state index in [9.17, 15) is 19.4 Å². The molecule has 0 aliphatic heterocycles. The summed E-state index contributed by atoms with van der Waals surface area (Å²) in [6.45, 7) is 4.74. The van der Waals surface area contributed by atoms with Gasteiger partial charge in [-0.2, -0.15) is 0 Å². The highest BCUT2D eigenvalue weighted by molar-refractivity contribution is 7.45. The van der Waals surface area contributed by atoms with Crippen LogP contribution in [0.1, 0.15) is 271 Å². The number of phosphoric ester groups is 1. The zero-order valence-electron chi connectivity index (χ0n) is 43.3. The van der Waals surface area contributed by atoms with E-state index in [2.05, 4.69) is 43.5 Å². The molecule has 1 amide bonds. The van der Waals surface area contributed by atoms with Gasteiger partial charge in [0, 0.05) is 6.42 Å². The summed E-state index contributed by atoms with van der Waals surface area (Å²) in [5.41, 5.74) is 0. The van der Waals surface area contributed by atoms with Crippen molar-refractivity contribution in [1.82, 2.24) is 5.32 Å². The molecule has 0 aromatic heterocycles. The predicted octanol–water partition coefficient (Wildman–Crippen LogP) is 15.8. The minimum atomic E-state index is -4.57. The molecule has 64 heavy (non-hydrogen) atoms. The molecule has 0 fully saturated rings. The summed E-state index contributed by atoms with van der Waals surface area (Å²) in [5, 5.41) is 14.0. The van der Waals surface area contributed by atoms with Gasteiger partial charge in [0.25, 0.3) is 7.82 Å². The smallest absolute Gasteiger partial charge is 0.268 e. The second-order valence-corrected chi connectivity index (χ2v) is 21.7. The van der Waals surface area contributed by atoms with Gasteiger partial charge in [0.15, 0.2) is 0 Å². The molecule has 0 heterocycles. The molecule has 380 valence electrons. The summed E-state index contributed by atoms with van der Waals surface area (Å²) in [6, 6.07) is -0.800. The third kappa shape index (κ3) is 48.9. The number of phosphoric acid groups is 1. The number of rotatable bonds is 51. The Balaban J connectivity index is 4.19. The number of hydrogen-bond donors (Lipinski definition) is 2. The van der Waals surface area contributed by atoms with E-state index < -0.39 is 20.0 Å². The van der Waals surface area contributed by atoms with Gasteiger partial charge in [-0.1, -0.05) is 244 Å². The summed E-state index contributed by atoms with van der Waals surface area (Å²) in [5.74, 6) is -0.164. The van der Waals surface area contributed by atoms with Crippen LogP contribution in [0.3, 0.4) is 0 Å². The van der Waals surface area contributed by atoms with E-state index in [1.165, 1.54) is 199 Å². The van der Waals surface area contributed by atoms with E-state index in [-0.39, 0.29) is 19.1 Å². The Morgan fingerprint density at radius 1 is 0.547 bits per heavy atom. The van der Waals surface area contributed by atoms with Crippen LogP contribution in [-0.4, -0.2) is 68.5 Å². The fraction of sp³-hybridized carbons (Fsp3) is 0.909. The van der Waals surface area contributed by atoms with E-state index in [1.54, 1.807) is 0 Å². The Hall–Kier alpha value is -1.02. The number of unbranched alkanes of at least 4 members (excludes halogenated alkanes) is 34. The average Bonchev–Trinajstić information content (AvgIpc) is 3.25. The van der Waals surface area contributed by atoms with Crippen molar-refractivity contribution in [1.29, 1.82) is 0 Å². The normalized spacial score (nSPS) is 14.2. The van der Waals surface area contributed by atoms with E-state index in [4.69, 9.17) is 9.05 Å². The van der Waals surface area contributed by atoms with E-state index >= 15 is 0 Å². The molecule has 0 bridgehead atoms. The Kier molecular flexibility index (Phi) is 46.3. The lowest BCUT2D eigenvalue weighted by Crippen LogP contribution is -2.46. The molecule has 0 radical (unpaired) electrons. The topological polar surface area (TPSA) is 108 Å². The third-order valence-electron chi connectivity index (χ3n) is 12.7. The fourth-order valence-corrected chi connectivity index (χ4v) is 9.03. The average molecular weight is 925 g/mol. The Bertz CT molecular complexity index is 1090. The maximum Gasteiger partial charge on any atom is 0.268 e. The zero-order chi connectivity index (χ0) is 47.1. The van der Waals surface area contributed by atoms with Crippen molar-refractivity contribution in [2.75, 3.05) is 40.9 Å². The number of amides is 1. The molecule has 3 unspecified atom stereocenters. The number of quaternary nitrogens is 1. The molecular formula is C55H109N2O6P. The first kappa shape index (κ1) is 63.0. The first-order chi connectivity index (χ1) is 31.0. The highest BCUT2D eigenvalue weighted by atomic mass is 31.2. The van der Waals surface area contributed by atoms with Crippen molar-refractivity contribution in [2.24, 2.45) is 0 Å². The lowest BCUT2D eigenvalue weighted by atomic mass is 10.0. The van der Waals surface area contributed by atoms with Crippen molar-refractivity contribution in [2.45, 2.75) is 283 Å². The molecule has 0 aliphatic rings. The van der Waals surface area contributed by atoms with Gasteiger partial charge in [-0.3, -0.25) is 9.36 Å². The quantitative estimate of drug-likeness (QED) is 0.0272. The summed E-state index contributed by atoms with van der Waals surface area (Å²) >= 11 is 0. The van der Waals surface area contributed by atoms with Crippen LogP contribution in [0.4, 0.5) is 0 Å². The van der Waals surface area contributed by atoms with E-state index in [0.717, 1.165) is 44.9 Å². The highest BCUT2D eigenvalue weighted by Gasteiger charge is 2.24. The first-order valence-corrected chi connectivity index (χ1v) is 29.1. The number of allylic oxidation sites excluding steroid dienone is 4. The molecule has 3 atom stereocenters. The Morgan fingerprint density at radius 2 is 0.906 bits per heavy atom. The molecule has 0 aromatic rings. The molecular weight excluding hydrogens is 816 g/mol. The van der Waals surface area contributed by atoms with Crippen LogP contribution in [0, 0.1) is 0 Å². The Morgan fingerprint density at radius 3 is 1.30 bits per heavy atom. The van der Waals surface area contributed by atoms with Crippen molar-refractivity contribution in [3.8, 4) is 0 Å². The van der Waals surface area contributed by atoms with Crippen LogP contribution >= 0.6 is 7.82 Å². The van der Waals surface area contributed by atoms with Crippen molar-refractivity contribution >= 4 is 13.7 Å². The van der Waals surface area contributed by atoms with Crippen LogP contribution in [0.25, 0.3) is 0 Å². The van der Waals surface area contributed by atoms with Gasteiger partial charge in [0.05, 0.1) is 39.9 Å². The monoisotopic (exact) mass is 925 g/mol. The predicted molar refractivity (Wildman–Crippen MR) is 275 cm³/mol. The summed E-state index contributed by atoms with van der Waals surface area (Å²) in [7, 11) is 1.31. The fourth-order valence-electron chi connectivity index (χ4n) is 8.31. The highest BCUT2D eigenvalue weighted by Crippen LogP contribution is 2.38. The minimum absolute atomic E-state index is 0.0131. The summed E-state index contributed by atoms with van der Waals surface area (Å²) < 4.78 is 23.4. The van der Waals surface area contributed by atoms with Gasteiger partial charge in [0.2, 0.25) is 5.91 Å². The maximum atomic E-state index is 13.0. The minimum Gasteiger partial charge on any atom is -0.756 e. The molecule has 0 rings (SSSR count). The van der Waals surface area contributed by atoms with Crippen LogP contribution in [0.2, 0.25) is 0 Å². The lowest BCUT2D eigenvalue weighted by molar-refractivity contribution is -0.870. The molecule has 2 N–H and O–H groups in total. The largest absolute Gasteiger partial charge is 0.756 e. The number of nitrogens with zero attached hydrogens (tertiary/aromatic N) is 1. The van der Waals surface area contributed by atoms with Gasteiger partial charge >= 0.3 is 0 Å². The van der Waals surface area contributed by atoms with Crippen LogP contribution in [0.5, 0.6) is 0 Å². The number of aliphatic hydroxyl groups is 1. The standard InChI is InChI=1S/C55H109N2O6P/c1-6-8-10-12-14-16-18-20-22-24-26-27-28-29-31-33-35-37-39-41-43-45-47-49-55(59)56-53(52-63-64(60,61)62-51-50-57(3,4)5)54(58)48-46-44-42-40-38-36-34-32-30-25-23-21-19-17-15-13-11-9-7-2/h18,20,24,26,53-54,58H,6-17,19,21-23,25,27-52H2,1-5H3,(H-,56,59,60,61)/b20-18-,26-24-. The van der Waals surface area contributed by atoms with Gasteiger partial charge in [-0.25, -0.2) is 0 Å². The second-order valence-electron chi connectivity index (χ2n) is 20.3. The third-order valence-corrected chi connectivity index (χ3v) is 13.7. The molecule has 0 aliphatic carbocycles. The molecule has 0 aromatic carbocycles. The number of carbonyl (C=O) groups excluding carboxylic acids is 1. The van der Waals surface area contributed by atoms with Crippen LogP contribution < -0.4 is 10.2 Å². The summed E-state index contributed by atoms with van der Waals surface area (Å²) in [4.78, 5) is 25.5. The van der Waals surface area contributed by atoms with Crippen molar-refractivity contribution < 1.29 is 32.9 Å². The number of hydrogen-bond acceptors (Lipinski definition) is 6. The Labute approximate surface area is 398 Å². The molecule has 0 saturated heterocycles. The van der Waals surface area contributed by atoms with Crippen LogP contribution in [-0.2, 0) is 18.4 Å². The van der Waals surface area contributed by atoms with E-state index in [0.29, 0.717) is 23.9 Å². The van der Waals surface area contributed by atoms with E-state index in [1.807, 2.05) is 21.1 Å². The number of nitrogens with one attached hydrogen (secondary N) is 1. The summed E-state index contributed by atoms with van der Waals surface area (Å²) in [6.07, 6.45) is 57.6. The first-order valence-electron chi connectivity index (χ1n) is 27.7. The van der Waals surface area contributed by atoms with Gasteiger partial charge in [0.1, 0.15) is 13.2 Å². The lowest BCUT2D eigenvalue weighted by Gasteiger charge is -2.30. The number of carbonyl (C=O) groups is 1. The maximum absolute atomic E-state index is 13.0. The van der Waals surface area contributed by atoms with Crippen LogP contribution in [0.15, 0.2) is 24.3 Å². The van der Waals surface area contributed by atoms with Gasteiger partial charge < -0.3 is 28.8 Å². The van der Waals surface area contributed by atoms with Crippen molar-refractivity contribution in [3.05, 3.63) is 24.3 Å². The van der Waals surface area contributed by atoms with Crippen molar-refractivity contribution in [3.63, 3.8) is 0 Å².